The number of hydrogen-bond acceptors (Lipinski definition) is 3. The van der Waals surface area contributed by atoms with Crippen LogP contribution in [0.4, 0.5) is 0 Å². The van der Waals surface area contributed by atoms with Crippen molar-refractivity contribution in [2.75, 3.05) is 26.2 Å². The molecule has 0 amide bonds. The average Bonchev–Trinajstić information content (AvgIpc) is 2.88. The summed E-state index contributed by atoms with van der Waals surface area (Å²) in [5, 5.41) is 3.52. The number of piperidine rings is 1. The quantitative estimate of drug-likeness (QED) is 0.742. The van der Waals surface area contributed by atoms with Crippen LogP contribution in [0.1, 0.15) is 45.4 Å². The highest BCUT2D eigenvalue weighted by atomic mass is 15.1. The van der Waals surface area contributed by atoms with Crippen LogP contribution in [0.5, 0.6) is 0 Å². The lowest BCUT2D eigenvalue weighted by atomic mass is 9.99. The van der Waals surface area contributed by atoms with Gasteiger partial charge in [-0.3, -0.25) is 0 Å². The molecule has 2 rings (SSSR count). The van der Waals surface area contributed by atoms with Gasteiger partial charge in [-0.25, -0.2) is 4.98 Å². The molecule has 0 aliphatic carbocycles. The van der Waals surface area contributed by atoms with Crippen LogP contribution < -0.4 is 5.32 Å². The number of likely N-dealkylation sites (tertiary alicyclic amines) is 1. The van der Waals surface area contributed by atoms with Gasteiger partial charge in [-0.05, 0) is 57.8 Å². The van der Waals surface area contributed by atoms with E-state index in [-0.39, 0.29) is 0 Å². The maximum absolute atomic E-state index is 4.42. The molecule has 0 aromatic carbocycles. The van der Waals surface area contributed by atoms with Gasteiger partial charge in [-0.2, -0.15) is 0 Å². The third kappa shape index (κ3) is 4.91. The van der Waals surface area contributed by atoms with E-state index in [0.29, 0.717) is 0 Å². The van der Waals surface area contributed by atoms with E-state index in [4.69, 9.17) is 0 Å². The fraction of sp³-hybridized carbons (Fsp3) is 0.812. The van der Waals surface area contributed by atoms with Gasteiger partial charge in [0.15, 0.2) is 0 Å². The van der Waals surface area contributed by atoms with Gasteiger partial charge in [0.25, 0.3) is 0 Å². The minimum atomic E-state index is 0.893. The zero-order valence-corrected chi connectivity index (χ0v) is 13.1. The van der Waals surface area contributed by atoms with Crippen LogP contribution in [0.15, 0.2) is 12.4 Å². The standard InChI is InChI=1S/C16H30N4/c1-3-9-20-13-8-18-16(20)14-17-7-4-10-19-11-5-15(2)6-12-19/h8,13,15,17H,3-7,9-12,14H2,1-2H3. The smallest absolute Gasteiger partial charge is 0.122 e. The van der Waals surface area contributed by atoms with Crippen molar-refractivity contribution < 1.29 is 0 Å². The number of rotatable bonds is 8. The third-order valence-electron chi connectivity index (χ3n) is 4.25. The SMILES string of the molecule is CCCn1ccnc1CNCCCN1CCC(C)CC1. The Hall–Kier alpha value is -0.870. The Morgan fingerprint density at radius 3 is 2.85 bits per heavy atom. The first-order chi connectivity index (χ1) is 9.79. The van der Waals surface area contributed by atoms with E-state index in [1.165, 1.54) is 44.7 Å². The highest BCUT2D eigenvalue weighted by Crippen LogP contribution is 2.15. The Kier molecular flexibility index (Phi) is 6.54. The molecule has 2 heterocycles. The summed E-state index contributed by atoms with van der Waals surface area (Å²) >= 11 is 0. The predicted molar refractivity (Wildman–Crippen MR) is 83.7 cm³/mol. The molecular weight excluding hydrogens is 248 g/mol. The molecule has 1 aromatic heterocycles. The van der Waals surface area contributed by atoms with Gasteiger partial charge >= 0.3 is 0 Å². The number of imidazole rings is 1. The molecule has 4 heteroatoms. The van der Waals surface area contributed by atoms with Gasteiger partial charge in [0.1, 0.15) is 5.82 Å². The predicted octanol–water partition coefficient (Wildman–Crippen LogP) is 2.50. The molecule has 1 saturated heterocycles. The lowest BCUT2D eigenvalue weighted by Gasteiger charge is -2.30. The highest BCUT2D eigenvalue weighted by molar-refractivity contribution is 4.91. The molecule has 1 aliphatic rings. The summed E-state index contributed by atoms with van der Waals surface area (Å²) in [7, 11) is 0. The summed E-state index contributed by atoms with van der Waals surface area (Å²) in [6.07, 6.45) is 9.14. The van der Waals surface area contributed by atoms with Crippen molar-refractivity contribution >= 4 is 0 Å². The van der Waals surface area contributed by atoms with Crippen LogP contribution in [0.2, 0.25) is 0 Å². The first kappa shape index (κ1) is 15.5. The van der Waals surface area contributed by atoms with Crippen LogP contribution in [-0.2, 0) is 13.1 Å². The number of aromatic nitrogens is 2. The fourth-order valence-electron chi connectivity index (χ4n) is 2.87. The number of hydrogen-bond donors (Lipinski definition) is 1. The van der Waals surface area contributed by atoms with E-state index in [0.717, 1.165) is 32.0 Å². The highest BCUT2D eigenvalue weighted by Gasteiger charge is 2.14. The van der Waals surface area contributed by atoms with E-state index in [2.05, 4.69) is 39.8 Å². The molecular formula is C16H30N4. The molecule has 0 bridgehead atoms. The van der Waals surface area contributed by atoms with Crippen molar-refractivity contribution in [2.24, 2.45) is 5.92 Å². The zero-order valence-electron chi connectivity index (χ0n) is 13.1. The van der Waals surface area contributed by atoms with Gasteiger partial charge in [0.05, 0.1) is 6.54 Å². The molecule has 1 aliphatic heterocycles. The monoisotopic (exact) mass is 278 g/mol. The lowest BCUT2D eigenvalue weighted by molar-refractivity contribution is 0.190. The Bertz CT molecular complexity index is 366. The zero-order chi connectivity index (χ0) is 14.2. The van der Waals surface area contributed by atoms with Crippen LogP contribution in [0.3, 0.4) is 0 Å². The minimum Gasteiger partial charge on any atom is -0.334 e. The molecule has 0 saturated carbocycles. The first-order valence-corrected chi connectivity index (χ1v) is 8.22. The van der Waals surface area contributed by atoms with Gasteiger partial charge < -0.3 is 14.8 Å². The average molecular weight is 278 g/mol. The number of nitrogens with one attached hydrogen (secondary N) is 1. The summed E-state index contributed by atoms with van der Waals surface area (Å²) in [6, 6.07) is 0. The topological polar surface area (TPSA) is 33.1 Å². The number of aryl methyl sites for hydroxylation is 1. The molecule has 4 nitrogen and oxygen atoms in total. The second kappa shape index (κ2) is 8.42. The van der Waals surface area contributed by atoms with Crippen molar-refractivity contribution in [3.63, 3.8) is 0 Å². The van der Waals surface area contributed by atoms with Crippen molar-refractivity contribution in [1.82, 2.24) is 19.8 Å². The molecule has 0 atom stereocenters. The van der Waals surface area contributed by atoms with Crippen LogP contribution in [0.25, 0.3) is 0 Å². The summed E-state index contributed by atoms with van der Waals surface area (Å²) in [6.45, 7) is 11.5. The molecule has 1 fully saturated rings. The van der Waals surface area contributed by atoms with Crippen molar-refractivity contribution in [3.05, 3.63) is 18.2 Å². The summed E-state index contributed by atoms with van der Waals surface area (Å²) in [5.74, 6) is 2.10. The Balaban J connectivity index is 1.56. The molecule has 0 spiro atoms. The normalized spacial score (nSPS) is 17.7. The third-order valence-corrected chi connectivity index (χ3v) is 4.25. The molecule has 1 aromatic rings. The van der Waals surface area contributed by atoms with Gasteiger partial charge in [-0.1, -0.05) is 13.8 Å². The Labute approximate surface area is 123 Å². The number of nitrogens with zero attached hydrogens (tertiary/aromatic N) is 3. The van der Waals surface area contributed by atoms with Gasteiger partial charge in [0.2, 0.25) is 0 Å². The van der Waals surface area contributed by atoms with E-state index in [1.54, 1.807) is 0 Å². The van der Waals surface area contributed by atoms with Crippen molar-refractivity contribution in [3.8, 4) is 0 Å². The second-order valence-electron chi connectivity index (χ2n) is 6.09. The van der Waals surface area contributed by atoms with E-state index >= 15 is 0 Å². The minimum absolute atomic E-state index is 0.893. The molecule has 0 unspecified atom stereocenters. The van der Waals surface area contributed by atoms with Gasteiger partial charge in [-0.15, -0.1) is 0 Å². The first-order valence-electron chi connectivity index (χ1n) is 8.22. The molecule has 20 heavy (non-hydrogen) atoms. The van der Waals surface area contributed by atoms with Crippen LogP contribution >= 0.6 is 0 Å². The van der Waals surface area contributed by atoms with Crippen molar-refractivity contribution in [1.29, 1.82) is 0 Å². The maximum atomic E-state index is 4.42. The lowest BCUT2D eigenvalue weighted by Crippen LogP contribution is -2.34. The van der Waals surface area contributed by atoms with Crippen LogP contribution in [0, 0.1) is 5.92 Å². The Morgan fingerprint density at radius 2 is 2.10 bits per heavy atom. The van der Waals surface area contributed by atoms with E-state index < -0.39 is 0 Å². The Morgan fingerprint density at radius 1 is 1.30 bits per heavy atom. The molecule has 0 radical (unpaired) electrons. The summed E-state index contributed by atoms with van der Waals surface area (Å²) in [5.41, 5.74) is 0. The van der Waals surface area contributed by atoms with Crippen LogP contribution in [-0.4, -0.2) is 40.6 Å². The van der Waals surface area contributed by atoms with Gasteiger partial charge in [0, 0.05) is 18.9 Å². The molecule has 1 N–H and O–H groups in total. The largest absolute Gasteiger partial charge is 0.334 e. The maximum Gasteiger partial charge on any atom is 0.122 e. The second-order valence-corrected chi connectivity index (χ2v) is 6.09. The summed E-state index contributed by atoms with van der Waals surface area (Å²) in [4.78, 5) is 7.03. The summed E-state index contributed by atoms with van der Waals surface area (Å²) < 4.78 is 2.25. The van der Waals surface area contributed by atoms with E-state index in [1.807, 2.05) is 6.20 Å². The molecule has 114 valence electrons. The van der Waals surface area contributed by atoms with Crippen molar-refractivity contribution in [2.45, 2.75) is 52.6 Å². The fourth-order valence-corrected chi connectivity index (χ4v) is 2.87. The van der Waals surface area contributed by atoms with E-state index in [9.17, 15) is 0 Å².